The van der Waals surface area contributed by atoms with Gasteiger partial charge in [0.05, 0.1) is 0 Å². The van der Waals surface area contributed by atoms with Crippen molar-refractivity contribution in [3.8, 4) is 11.5 Å². The van der Waals surface area contributed by atoms with Gasteiger partial charge in [-0.2, -0.15) is 0 Å². The maximum Gasteiger partial charge on any atom is 0.161 e. The summed E-state index contributed by atoms with van der Waals surface area (Å²) in [6, 6.07) is 30.9. The van der Waals surface area contributed by atoms with Gasteiger partial charge in [-0.1, -0.05) is 82.1 Å². The molecule has 0 bridgehead atoms. The Hall–Kier alpha value is -3.22. The van der Waals surface area contributed by atoms with Gasteiger partial charge < -0.3 is 19.3 Å². The van der Waals surface area contributed by atoms with Crippen molar-refractivity contribution in [2.45, 2.75) is 98.9 Å². The molecule has 0 unspecified atom stereocenters. The van der Waals surface area contributed by atoms with Gasteiger partial charge in [-0.05, 0) is 84.6 Å². The van der Waals surface area contributed by atoms with Crippen LogP contribution in [0.2, 0.25) is 0 Å². The number of nitrogens with zero attached hydrogens (tertiary/aromatic N) is 2. The number of benzene rings is 4. The second-order valence-electron chi connectivity index (χ2n) is 13.4. The van der Waals surface area contributed by atoms with E-state index in [9.17, 15) is 0 Å². The zero-order chi connectivity index (χ0) is 31.3. The first-order valence-electron chi connectivity index (χ1n) is 17.2. The summed E-state index contributed by atoms with van der Waals surface area (Å²) in [4.78, 5) is 6.56. The predicted molar refractivity (Wildman–Crippen MR) is 195 cm³/mol. The lowest BCUT2D eigenvalue weighted by Gasteiger charge is -2.39. The Morgan fingerprint density at radius 3 is 1.37 bits per heavy atom. The highest BCUT2D eigenvalue weighted by atomic mass is 32.1. The molecule has 2 aliphatic heterocycles. The van der Waals surface area contributed by atoms with E-state index in [1.807, 2.05) is 12.1 Å². The average Bonchev–Trinajstić information content (AvgIpc) is 3.08. The van der Waals surface area contributed by atoms with Crippen LogP contribution in [-0.4, -0.2) is 13.5 Å². The summed E-state index contributed by atoms with van der Waals surface area (Å²) < 4.78 is 12.7. The topological polar surface area (TPSA) is 24.9 Å². The van der Waals surface area contributed by atoms with Crippen LogP contribution in [0.4, 0.5) is 11.4 Å². The highest BCUT2D eigenvalue weighted by Crippen LogP contribution is 2.46. The fourth-order valence-corrected chi connectivity index (χ4v) is 8.19. The summed E-state index contributed by atoms with van der Waals surface area (Å²) in [7, 11) is 0. The fourth-order valence-electron chi connectivity index (χ4n) is 7.75. The summed E-state index contributed by atoms with van der Waals surface area (Å²) in [6.07, 6.45) is 14.2. The molecule has 6 heteroatoms. The average molecular weight is 651 g/mol. The Bertz CT molecular complexity index is 1540. The van der Waals surface area contributed by atoms with Crippen LogP contribution in [0, 0.1) is 0 Å². The van der Waals surface area contributed by atoms with Crippen LogP contribution in [0.25, 0.3) is 0 Å². The molecule has 1 fully saturated rings. The maximum atomic E-state index is 6.33. The van der Waals surface area contributed by atoms with Gasteiger partial charge in [0.1, 0.15) is 11.5 Å². The lowest BCUT2D eigenvalue weighted by atomic mass is 9.67. The zero-order valence-corrected chi connectivity index (χ0v) is 28.6. The van der Waals surface area contributed by atoms with Crippen LogP contribution >= 0.6 is 25.3 Å². The predicted octanol–water partition coefficient (Wildman–Crippen LogP) is 10.6. The largest absolute Gasteiger partial charge is 0.473 e. The number of hydrogen-bond acceptors (Lipinski definition) is 6. The molecule has 1 saturated carbocycles. The van der Waals surface area contributed by atoms with Crippen molar-refractivity contribution >= 4 is 36.6 Å². The van der Waals surface area contributed by atoms with Crippen molar-refractivity contribution in [1.29, 1.82) is 0 Å². The molecule has 4 nitrogen and oxygen atoms in total. The van der Waals surface area contributed by atoms with E-state index in [1.165, 1.54) is 80.0 Å². The van der Waals surface area contributed by atoms with E-state index < -0.39 is 0 Å². The van der Waals surface area contributed by atoms with Crippen LogP contribution in [0.15, 0.2) is 94.7 Å². The minimum Gasteiger partial charge on any atom is -0.473 e. The SMILES string of the molecule is Sc1cccc(N2COc3ccc(C4(c5ccc6c(c5)CN(c5cccc(S)c5)CO6)CCCCCCCCCCC4)cc3C2)c1. The number of hydrogen-bond donors (Lipinski definition) is 2. The van der Waals surface area contributed by atoms with Crippen molar-refractivity contribution in [3.05, 3.63) is 107 Å². The first kappa shape index (κ1) is 31.4. The third-order valence-electron chi connectivity index (χ3n) is 10.3. The van der Waals surface area contributed by atoms with Crippen LogP contribution < -0.4 is 19.3 Å². The van der Waals surface area contributed by atoms with Crippen LogP contribution in [-0.2, 0) is 18.5 Å². The molecule has 0 radical (unpaired) electrons. The molecule has 2 heterocycles. The molecule has 0 amide bonds. The monoisotopic (exact) mass is 650 g/mol. The van der Waals surface area contributed by atoms with Gasteiger partial charge in [0.2, 0.25) is 0 Å². The van der Waals surface area contributed by atoms with Gasteiger partial charge in [0, 0.05) is 50.8 Å². The second kappa shape index (κ2) is 14.3. The van der Waals surface area contributed by atoms with Gasteiger partial charge >= 0.3 is 0 Å². The van der Waals surface area contributed by atoms with E-state index in [0.29, 0.717) is 13.5 Å². The molecular weight excluding hydrogens is 605 g/mol. The zero-order valence-electron chi connectivity index (χ0n) is 26.8. The highest BCUT2D eigenvalue weighted by molar-refractivity contribution is 7.80. The molecule has 3 aliphatic rings. The van der Waals surface area contributed by atoms with Gasteiger partial charge in [-0.25, -0.2) is 0 Å². The number of ether oxygens (including phenoxy) is 2. The summed E-state index contributed by atoms with van der Waals surface area (Å²) in [6.45, 7) is 2.75. The molecule has 240 valence electrons. The summed E-state index contributed by atoms with van der Waals surface area (Å²) in [5.41, 5.74) is 7.60. The molecule has 4 aromatic rings. The van der Waals surface area contributed by atoms with E-state index in [-0.39, 0.29) is 5.41 Å². The van der Waals surface area contributed by atoms with Crippen molar-refractivity contribution in [1.82, 2.24) is 0 Å². The Kier molecular flexibility index (Phi) is 9.74. The quantitative estimate of drug-likeness (QED) is 0.215. The minimum atomic E-state index is -0.0656. The third-order valence-corrected chi connectivity index (χ3v) is 10.9. The van der Waals surface area contributed by atoms with E-state index >= 15 is 0 Å². The normalized spacial score (nSPS) is 18.7. The fraction of sp³-hybridized carbons (Fsp3) is 0.400. The molecule has 46 heavy (non-hydrogen) atoms. The van der Waals surface area contributed by atoms with Crippen molar-refractivity contribution in [2.24, 2.45) is 0 Å². The molecule has 0 aromatic heterocycles. The van der Waals surface area contributed by atoms with Gasteiger partial charge in [0.25, 0.3) is 0 Å². The Morgan fingerprint density at radius 2 is 0.935 bits per heavy atom. The second-order valence-corrected chi connectivity index (χ2v) is 14.4. The van der Waals surface area contributed by atoms with Gasteiger partial charge in [-0.15, -0.1) is 25.3 Å². The summed E-state index contributed by atoms with van der Waals surface area (Å²) >= 11 is 9.20. The van der Waals surface area contributed by atoms with Crippen LogP contribution in [0.3, 0.4) is 0 Å². The number of fused-ring (bicyclic) bond motifs is 2. The Morgan fingerprint density at radius 1 is 0.500 bits per heavy atom. The number of thiol groups is 2. The number of anilines is 2. The number of rotatable bonds is 4. The molecule has 1 aliphatic carbocycles. The van der Waals surface area contributed by atoms with E-state index in [0.717, 1.165) is 58.6 Å². The van der Waals surface area contributed by atoms with Crippen molar-refractivity contribution < 1.29 is 9.47 Å². The smallest absolute Gasteiger partial charge is 0.161 e. The van der Waals surface area contributed by atoms with Gasteiger partial charge in [0.15, 0.2) is 13.5 Å². The first-order valence-corrected chi connectivity index (χ1v) is 18.1. The van der Waals surface area contributed by atoms with Crippen LogP contribution in [0.5, 0.6) is 11.5 Å². The van der Waals surface area contributed by atoms with E-state index in [4.69, 9.17) is 9.47 Å². The lowest BCUT2D eigenvalue weighted by molar-refractivity contribution is 0.287. The Balaban J connectivity index is 1.26. The lowest BCUT2D eigenvalue weighted by Crippen LogP contribution is -2.34. The standard InChI is InChI=1S/C40H46N2O2S2/c45-36-14-10-12-34(24-36)41-26-30-22-32(16-18-38(30)43-28-41)40(20-8-6-4-2-1-3-5-7-9-21-40)33-17-19-39-31(23-33)27-42(29-44-39)35-13-11-15-37(46)25-35/h10-19,22-25,45-46H,1-9,20-21,26-29H2. The van der Waals surface area contributed by atoms with Crippen molar-refractivity contribution in [2.75, 3.05) is 23.3 Å². The highest BCUT2D eigenvalue weighted by Gasteiger charge is 2.36. The van der Waals surface area contributed by atoms with Crippen LogP contribution in [0.1, 0.15) is 92.9 Å². The van der Waals surface area contributed by atoms with Crippen molar-refractivity contribution in [3.63, 3.8) is 0 Å². The van der Waals surface area contributed by atoms with E-state index in [1.54, 1.807) is 0 Å². The Labute approximate surface area is 285 Å². The minimum absolute atomic E-state index is 0.0656. The molecule has 0 atom stereocenters. The maximum absolute atomic E-state index is 6.33. The molecule has 7 rings (SSSR count). The summed E-state index contributed by atoms with van der Waals surface area (Å²) in [5, 5.41) is 0. The van der Waals surface area contributed by atoms with E-state index in [2.05, 4.69) is 108 Å². The molecule has 4 aromatic carbocycles. The molecule has 0 N–H and O–H groups in total. The van der Waals surface area contributed by atoms with Gasteiger partial charge in [-0.3, -0.25) is 0 Å². The third kappa shape index (κ3) is 6.89. The first-order chi connectivity index (χ1) is 22.6. The summed E-state index contributed by atoms with van der Waals surface area (Å²) in [5.74, 6) is 2.01. The molecular formula is C40H46N2O2S2. The molecule has 0 saturated heterocycles. The molecule has 0 spiro atoms.